The lowest BCUT2D eigenvalue weighted by molar-refractivity contribution is 0.0698. The van der Waals surface area contributed by atoms with Gasteiger partial charge in [0.25, 0.3) is 5.91 Å². The predicted molar refractivity (Wildman–Crippen MR) is 77.9 cm³/mol. The van der Waals surface area contributed by atoms with Gasteiger partial charge in [0.05, 0.1) is 16.1 Å². The number of hydrogen-bond donors (Lipinski definition) is 2. The molecule has 2 aromatic rings. The molecular weight excluding hydrogens is 300 g/mol. The standard InChI is InChI=1S/C13H11ClN2O3S/c1-2-7-5-9(13(18)19)12(20-7)16-11(17)8-3-4-15-6-10(8)14/h3-6H,2H2,1H3,(H,16,17)(H,18,19). The number of nitrogens with zero attached hydrogens (tertiary/aromatic N) is 1. The number of hydrogen-bond acceptors (Lipinski definition) is 4. The molecule has 0 spiro atoms. The van der Waals surface area contributed by atoms with E-state index >= 15 is 0 Å². The van der Waals surface area contributed by atoms with Crippen LogP contribution < -0.4 is 5.32 Å². The molecule has 2 N–H and O–H groups in total. The highest BCUT2D eigenvalue weighted by atomic mass is 35.5. The third-order valence-corrected chi connectivity index (χ3v) is 4.10. The Labute approximate surface area is 124 Å². The van der Waals surface area contributed by atoms with Gasteiger partial charge < -0.3 is 10.4 Å². The molecule has 0 fully saturated rings. The van der Waals surface area contributed by atoms with Crippen molar-refractivity contribution in [2.45, 2.75) is 13.3 Å². The number of nitrogens with one attached hydrogen (secondary N) is 1. The molecular formula is C13H11ClN2O3S. The van der Waals surface area contributed by atoms with Crippen LogP contribution in [0.5, 0.6) is 0 Å². The van der Waals surface area contributed by atoms with Gasteiger partial charge in [-0.05, 0) is 18.6 Å². The van der Waals surface area contributed by atoms with Crippen molar-refractivity contribution in [2.24, 2.45) is 0 Å². The summed E-state index contributed by atoms with van der Waals surface area (Å²) >= 11 is 7.13. The van der Waals surface area contributed by atoms with Gasteiger partial charge in [-0.2, -0.15) is 0 Å². The minimum absolute atomic E-state index is 0.0883. The van der Waals surface area contributed by atoms with E-state index in [0.29, 0.717) is 11.4 Å². The number of rotatable bonds is 4. The molecule has 2 heterocycles. The summed E-state index contributed by atoms with van der Waals surface area (Å²) in [5, 5.41) is 12.3. The Balaban J connectivity index is 2.30. The fourth-order valence-electron chi connectivity index (χ4n) is 1.60. The van der Waals surface area contributed by atoms with Gasteiger partial charge in [-0.3, -0.25) is 9.78 Å². The lowest BCUT2D eigenvalue weighted by Gasteiger charge is -2.05. The highest BCUT2D eigenvalue weighted by molar-refractivity contribution is 7.16. The van der Waals surface area contributed by atoms with Gasteiger partial charge in [0.15, 0.2) is 0 Å². The van der Waals surface area contributed by atoms with Crippen LogP contribution in [0.25, 0.3) is 0 Å². The zero-order valence-electron chi connectivity index (χ0n) is 10.5. The Hall–Kier alpha value is -1.92. The van der Waals surface area contributed by atoms with Crippen molar-refractivity contribution in [1.29, 1.82) is 0 Å². The van der Waals surface area contributed by atoms with Crippen LogP contribution in [0, 0.1) is 0 Å². The van der Waals surface area contributed by atoms with Crippen molar-refractivity contribution < 1.29 is 14.7 Å². The predicted octanol–water partition coefficient (Wildman–Crippen LogP) is 3.31. The van der Waals surface area contributed by atoms with Crippen LogP contribution in [-0.4, -0.2) is 22.0 Å². The van der Waals surface area contributed by atoms with Crippen molar-refractivity contribution in [3.8, 4) is 0 Å². The molecule has 0 radical (unpaired) electrons. The summed E-state index contributed by atoms with van der Waals surface area (Å²) in [7, 11) is 0. The summed E-state index contributed by atoms with van der Waals surface area (Å²) in [4.78, 5) is 27.9. The molecule has 0 aliphatic carbocycles. The van der Waals surface area contributed by atoms with Crippen LogP contribution in [0.15, 0.2) is 24.5 Å². The van der Waals surface area contributed by atoms with E-state index in [1.165, 1.54) is 29.8 Å². The number of halogens is 1. The Morgan fingerprint density at radius 2 is 2.20 bits per heavy atom. The van der Waals surface area contributed by atoms with E-state index in [9.17, 15) is 9.59 Å². The van der Waals surface area contributed by atoms with E-state index in [4.69, 9.17) is 16.7 Å². The summed E-state index contributed by atoms with van der Waals surface area (Å²) < 4.78 is 0. The monoisotopic (exact) mass is 310 g/mol. The van der Waals surface area contributed by atoms with Crippen LogP contribution >= 0.6 is 22.9 Å². The normalized spacial score (nSPS) is 10.3. The average Bonchev–Trinajstić information content (AvgIpc) is 2.82. The number of aromatic carboxylic acids is 1. The lowest BCUT2D eigenvalue weighted by atomic mass is 10.2. The largest absolute Gasteiger partial charge is 0.478 e. The van der Waals surface area contributed by atoms with Gasteiger partial charge in [-0.15, -0.1) is 11.3 Å². The molecule has 0 bridgehead atoms. The van der Waals surface area contributed by atoms with Crippen LogP contribution in [0.3, 0.4) is 0 Å². The number of carbonyl (C=O) groups is 2. The fraction of sp³-hybridized carbons (Fsp3) is 0.154. The number of amides is 1. The maximum atomic E-state index is 12.1. The van der Waals surface area contributed by atoms with Gasteiger partial charge in [-0.1, -0.05) is 18.5 Å². The number of pyridine rings is 1. The summed E-state index contributed by atoms with van der Waals surface area (Å²) in [5.41, 5.74) is 0.342. The maximum absolute atomic E-state index is 12.1. The highest BCUT2D eigenvalue weighted by Crippen LogP contribution is 2.29. The van der Waals surface area contributed by atoms with Crippen molar-refractivity contribution in [3.63, 3.8) is 0 Å². The number of anilines is 1. The summed E-state index contributed by atoms with van der Waals surface area (Å²) in [6, 6.07) is 3.04. The van der Waals surface area contributed by atoms with Crippen LogP contribution in [0.2, 0.25) is 5.02 Å². The molecule has 2 rings (SSSR count). The minimum atomic E-state index is -1.07. The van der Waals surface area contributed by atoms with Crippen LogP contribution in [0.1, 0.15) is 32.5 Å². The molecule has 20 heavy (non-hydrogen) atoms. The van der Waals surface area contributed by atoms with Crippen molar-refractivity contribution in [2.75, 3.05) is 5.32 Å². The molecule has 7 heteroatoms. The second kappa shape index (κ2) is 6.02. The van der Waals surface area contributed by atoms with Gasteiger partial charge >= 0.3 is 5.97 Å². The summed E-state index contributed by atoms with van der Waals surface area (Å²) in [5.74, 6) is -1.53. The molecule has 0 aliphatic heterocycles. The van der Waals surface area contributed by atoms with E-state index in [-0.39, 0.29) is 16.1 Å². The first-order chi connectivity index (χ1) is 9.52. The third kappa shape index (κ3) is 2.97. The molecule has 2 aromatic heterocycles. The Morgan fingerprint density at radius 1 is 1.45 bits per heavy atom. The molecule has 0 saturated carbocycles. The van der Waals surface area contributed by atoms with E-state index in [1.807, 2.05) is 6.92 Å². The summed E-state index contributed by atoms with van der Waals surface area (Å²) in [6.45, 7) is 1.92. The first-order valence-corrected chi connectivity index (χ1v) is 6.99. The van der Waals surface area contributed by atoms with E-state index in [1.54, 1.807) is 6.07 Å². The Kier molecular flexibility index (Phi) is 4.36. The van der Waals surface area contributed by atoms with E-state index < -0.39 is 11.9 Å². The number of carboxylic acid groups (broad SMARTS) is 1. The number of aromatic nitrogens is 1. The van der Waals surface area contributed by atoms with Crippen molar-refractivity contribution >= 4 is 39.8 Å². The average molecular weight is 311 g/mol. The highest BCUT2D eigenvalue weighted by Gasteiger charge is 2.18. The molecule has 1 amide bonds. The van der Waals surface area contributed by atoms with Gasteiger partial charge in [-0.25, -0.2) is 4.79 Å². The van der Waals surface area contributed by atoms with Crippen LogP contribution in [0.4, 0.5) is 5.00 Å². The third-order valence-electron chi connectivity index (χ3n) is 2.61. The van der Waals surface area contributed by atoms with Crippen molar-refractivity contribution in [3.05, 3.63) is 45.6 Å². The fourth-order valence-corrected chi connectivity index (χ4v) is 2.79. The van der Waals surface area contributed by atoms with Gasteiger partial charge in [0, 0.05) is 17.3 Å². The molecule has 0 aromatic carbocycles. The first-order valence-electron chi connectivity index (χ1n) is 5.79. The molecule has 0 atom stereocenters. The number of aryl methyl sites for hydroxylation is 1. The SMILES string of the molecule is CCc1cc(C(=O)O)c(NC(=O)c2ccncc2Cl)s1. The molecule has 104 valence electrons. The summed E-state index contributed by atoms with van der Waals surface area (Å²) in [6.07, 6.45) is 3.52. The number of thiophene rings is 1. The van der Waals surface area contributed by atoms with Crippen molar-refractivity contribution in [1.82, 2.24) is 4.98 Å². The second-order valence-electron chi connectivity index (χ2n) is 3.92. The van der Waals surface area contributed by atoms with Gasteiger partial charge in [0.2, 0.25) is 0 Å². The topological polar surface area (TPSA) is 79.3 Å². The van der Waals surface area contributed by atoms with E-state index in [2.05, 4.69) is 10.3 Å². The van der Waals surface area contributed by atoms with Gasteiger partial charge in [0.1, 0.15) is 5.00 Å². The zero-order valence-corrected chi connectivity index (χ0v) is 12.1. The number of carboxylic acids is 1. The smallest absolute Gasteiger partial charge is 0.338 e. The molecule has 0 saturated heterocycles. The molecule has 5 nitrogen and oxygen atoms in total. The second-order valence-corrected chi connectivity index (χ2v) is 5.47. The maximum Gasteiger partial charge on any atom is 0.338 e. The van der Waals surface area contributed by atoms with Crippen LogP contribution in [-0.2, 0) is 6.42 Å². The lowest BCUT2D eigenvalue weighted by Crippen LogP contribution is -2.13. The Morgan fingerprint density at radius 3 is 2.80 bits per heavy atom. The first kappa shape index (κ1) is 14.5. The number of carbonyl (C=O) groups excluding carboxylic acids is 1. The molecule has 0 unspecified atom stereocenters. The van der Waals surface area contributed by atoms with E-state index in [0.717, 1.165) is 4.88 Å². The minimum Gasteiger partial charge on any atom is -0.478 e. The zero-order chi connectivity index (χ0) is 14.7. The quantitative estimate of drug-likeness (QED) is 0.908. The molecule has 0 aliphatic rings. The Bertz CT molecular complexity index is 669.